The lowest BCUT2D eigenvalue weighted by Gasteiger charge is -2.18. The Kier molecular flexibility index (Phi) is 9.90. The lowest BCUT2D eigenvalue weighted by Crippen LogP contribution is -2.14. The first kappa shape index (κ1) is 21.7. The Morgan fingerprint density at radius 1 is 1.13 bits per heavy atom. The molecular formula is C21H36O2. The summed E-state index contributed by atoms with van der Waals surface area (Å²) in [6.07, 6.45) is 5.04. The van der Waals surface area contributed by atoms with E-state index < -0.39 is 0 Å². The Morgan fingerprint density at radius 2 is 1.70 bits per heavy atom. The summed E-state index contributed by atoms with van der Waals surface area (Å²) in [5, 5.41) is 9.25. The monoisotopic (exact) mass is 320 g/mol. The molecule has 23 heavy (non-hydrogen) atoms. The number of aliphatic hydroxyl groups is 1. The molecule has 132 valence electrons. The van der Waals surface area contributed by atoms with E-state index in [-0.39, 0.29) is 12.0 Å². The fourth-order valence-corrected chi connectivity index (χ4v) is 1.81. The molecule has 0 saturated heterocycles. The fourth-order valence-electron chi connectivity index (χ4n) is 1.81. The van der Waals surface area contributed by atoms with Crippen LogP contribution in [0, 0.1) is 11.3 Å². The number of benzene rings is 1. The number of methoxy groups -OCH3 is 1. The third-order valence-corrected chi connectivity index (χ3v) is 3.32. The van der Waals surface area contributed by atoms with Crippen LogP contribution in [0.1, 0.15) is 71.9 Å². The van der Waals surface area contributed by atoms with Crippen molar-refractivity contribution in [3.8, 4) is 5.75 Å². The quantitative estimate of drug-likeness (QED) is 0.706. The smallest absolute Gasteiger partial charge is 0.126 e. The molecule has 1 rings (SSSR count). The van der Waals surface area contributed by atoms with Gasteiger partial charge in [-0.05, 0) is 41.4 Å². The van der Waals surface area contributed by atoms with Gasteiger partial charge in [-0.3, -0.25) is 0 Å². The number of rotatable bonds is 6. The highest BCUT2D eigenvalue weighted by Crippen LogP contribution is 2.26. The van der Waals surface area contributed by atoms with Crippen LogP contribution in [0.4, 0.5) is 0 Å². The first-order valence-corrected chi connectivity index (χ1v) is 8.58. The van der Waals surface area contributed by atoms with Crippen molar-refractivity contribution in [1.29, 1.82) is 0 Å². The normalized spacial score (nSPS) is 11.8. The van der Waals surface area contributed by atoms with Crippen LogP contribution >= 0.6 is 0 Å². The summed E-state index contributed by atoms with van der Waals surface area (Å²) in [5.74, 6) is 2.23. The summed E-state index contributed by atoms with van der Waals surface area (Å²) in [6.45, 7) is 15.2. The van der Waals surface area contributed by atoms with Gasteiger partial charge in [-0.2, -0.15) is 0 Å². The Labute approximate surface area is 143 Å². The predicted molar refractivity (Wildman–Crippen MR) is 102 cm³/mol. The number of aliphatic hydroxyl groups excluding tert-OH is 1. The van der Waals surface area contributed by atoms with Gasteiger partial charge in [0.15, 0.2) is 0 Å². The van der Waals surface area contributed by atoms with Crippen molar-refractivity contribution >= 4 is 6.08 Å². The highest BCUT2D eigenvalue weighted by Gasteiger charge is 2.14. The third-order valence-electron chi connectivity index (χ3n) is 3.32. The van der Waals surface area contributed by atoms with E-state index in [4.69, 9.17) is 4.74 Å². The van der Waals surface area contributed by atoms with Gasteiger partial charge in [0.2, 0.25) is 0 Å². The van der Waals surface area contributed by atoms with E-state index in [2.05, 4.69) is 72.8 Å². The number of hydrogen-bond acceptors (Lipinski definition) is 2. The van der Waals surface area contributed by atoms with Crippen LogP contribution in [0.3, 0.4) is 0 Å². The summed E-state index contributed by atoms with van der Waals surface area (Å²) in [4.78, 5) is 0. The van der Waals surface area contributed by atoms with Gasteiger partial charge in [-0.1, -0.05) is 66.7 Å². The molecule has 0 aromatic heterocycles. The van der Waals surface area contributed by atoms with Crippen molar-refractivity contribution in [2.45, 2.75) is 60.8 Å². The zero-order valence-electron chi connectivity index (χ0n) is 16.3. The Morgan fingerprint density at radius 3 is 2.13 bits per heavy atom. The highest BCUT2D eigenvalue weighted by atomic mass is 16.5. The molecule has 1 aromatic rings. The van der Waals surface area contributed by atoms with E-state index >= 15 is 0 Å². The van der Waals surface area contributed by atoms with Crippen LogP contribution in [0.5, 0.6) is 5.75 Å². The first-order valence-electron chi connectivity index (χ1n) is 8.58. The molecule has 0 unspecified atom stereocenters. The molecule has 2 heteroatoms. The van der Waals surface area contributed by atoms with E-state index in [1.54, 1.807) is 7.11 Å². The number of allylic oxidation sites excluding steroid dienone is 1. The fraction of sp³-hybridized carbons (Fsp3) is 0.619. The minimum absolute atomic E-state index is 0.0700. The summed E-state index contributed by atoms with van der Waals surface area (Å²) in [5.41, 5.74) is 2.34. The Balaban J connectivity index is 0.00000108. The van der Waals surface area contributed by atoms with Crippen LogP contribution in [0.2, 0.25) is 0 Å². The van der Waals surface area contributed by atoms with Gasteiger partial charge in [0.1, 0.15) is 5.75 Å². The maximum Gasteiger partial charge on any atom is 0.126 e. The van der Waals surface area contributed by atoms with Gasteiger partial charge in [-0.15, -0.1) is 0 Å². The molecule has 0 amide bonds. The minimum atomic E-state index is -0.0700. The molecule has 0 radical (unpaired) electrons. The van der Waals surface area contributed by atoms with E-state index in [0.29, 0.717) is 5.92 Å². The van der Waals surface area contributed by atoms with E-state index in [1.807, 2.05) is 6.07 Å². The molecule has 0 saturated carbocycles. The second-order valence-corrected chi connectivity index (χ2v) is 7.82. The Hall–Kier alpha value is -1.28. The van der Waals surface area contributed by atoms with Crippen LogP contribution < -0.4 is 4.74 Å². The topological polar surface area (TPSA) is 29.5 Å². The van der Waals surface area contributed by atoms with Gasteiger partial charge in [-0.25, -0.2) is 0 Å². The van der Waals surface area contributed by atoms with Gasteiger partial charge >= 0.3 is 0 Å². The standard InChI is InChI=1S/C17H26O2.C4H10/c1-13(2)14-8-9-16(19-5)15(11-14)7-6-10-17(3,4)12-18;1-4(2)3/h6-9,11,13,18H,10,12H2,1-5H3;4H,1-3H3/b7-6+;. The van der Waals surface area contributed by atoms with Crippen molar-refractivity contribution in [3.63, 3.8) is 0 Å². The van der Waals surface area contributed by atoms with Crippen molar-refractivity contribution in [2.24, 2.45) is 11.3 Å². The van der Waals surface area contributed by atoms with Gasteiger partial charge in [0.25, 0.3) is 0 Å². The second-order valence-electron chi connectivity index (χ2n) is 7.82. The largest absolute Gasteiger partial charge is 0.496 e. The molecule has 0 heterocycles. The number of hydrogen-bond donors (Lipinski definition) is 1. The van der Waals surface area contributed by atoms with E-state index in [1.165, 1.54) is 5.56 Å². The third kappa shape index (κ3) is 9.45. The molecule has 0 fully saturated rings. The number of ether oxygens (including phenoxy) is 1. The molecular weight excluding hydrogens is 284 g/mol. The van der Waals surface area contributed by atoms with Crippen LogP contribution in [0.15, 0.2) is 24.3 Å². The van der Waals surface area contributed by atoms with Crippen LogP contribution in [-0.4, -0.2) is 18.8 Å². The minimum Gasteiger partial charge on any atom is -0.496 e. The molecule has 0 aliphatic rings. The lowest BCUT2D eigenvalue weighted by molar-refractivity contribution is 0.162. The maximum absolute atomic E-state index is 9.25. The van der Waals surface area contributed by atoms with Crippen LogP contribution in [0.25, 0.3) is 6.08 Å². The molecule has 0 aliphatic carbocycles. The van der Waals surface area contributed by atoms with Crippen molar-refractivity contribution in [3.05, 3.63) is 35.4 Å². The highest BCUT2D eigenvalue weighted by molar-refractivity contribution is 5.58. The molecule has 0 bridgehead atoms. The van der Waals surface area contributed by atoms with Crippen molar-refractivity contribution in [2.75, 3.05) is 13.7 Å². The van der Waals surface area contributed by atoms with Crippen molar-refractivity contribution < 1.29 is 9.84 Å². The molecule has 2 nitrogen and oxygen atoms in total. The second kappa shape index (κ2) is 10.5. The van der Waals surface area contributed by atoms with Crippen molar-refractivity contribution in [1.82, 2.24) is 0 Å². The molecule has 0 spiro atoms. The SMILES string of the molecule is CC(C)C.COc1ccc(C(C)C)cc1/C=C/CC(C)(C)CO. The summed E-state index contributed by atoms with van der Waals surface area (Å²) >= 11 is 0. The Bertz CT molecular complexity index is 468. The summed E-state index contributed by atoms with van der Waals surface area (Å²) in [7, 11) is 1.69. The molecule has 1 aromatic carbocycles. The van der Waals surface area contributed by atoms with Gasteiger partial charge in [0.05, 0.1) is 7.11 Å². The average Bonchev–Trinajstić information content (AvgIpc) is 2.46. The molecule has 0 aliphatic heterocycles. The predicted octanol–water partition coefficient (Wildman–Crippen LogP) is 5.90. The zero-order valence-corrected chi connectivity index (χ0v) is 16.3. The molecule has 0 atom stereocenters. The van der Waals surface area contributed by atoms with Gasteiger partial charge in [0, 0.05) is 12.2 Å². The van der Waals surface area contributed by atoms with E-state index in [0.717, 1.165) is 23.7 Å². The maximum atomic E-state index is 9.25. The van der Waals surface area contributed by atoms with Crippen LogP contribution in [-0.2, 0) is 0 Å². The van der Waals surface area contributed by atoms with Gasteiger partial charge < -0.3 is 9.84 Å². The summed E-state index contributed by atoms with van der Waals surface area (Å²) in [6, 6.07) is 6.30. The first-order chi connectivity index (χ1) is 10.6. The van der Waals surface area contributed by atoms with E-state index in [9.17, 15) is 5.11 Å². The summed E-state index contributed by atoms with van der Waals surface area (Å²) < 4.78 is 5.39. The lowest BCUT2D eigenvalue weighted by atomic mass is 9.90. The molecule has 1 N–H and O–H groups in total. The zero-order chi connectivity index (χ0) is 18.0. The average molecular weight is 321 g/mol.